The van der Waals surface area contributed by atoms with Gasteiger partial charge >= 0.3 is 6.09 Å². The fourth-order valence-electron chi connectivity index (χ4n) is 2.51. The van der Waals surface area contributed by atoms with Crippen molar-refractivity contribution in [3.05, 3.63) is 35.1 Å². The van der Waals surface area contributed by atoms with Crippen LogP contribution in [0.2, 0.25) is 0 Å². The number of carboxylic acid groups (broad SMARTS) is 1. The van der Waals surface area contributed by atoms with Gasteiger partial charge in [0.25, 0.3) is 0 Å². The first-order chi connectivity index (χ1) is 9.52. The second-order valence-corrected chi connectivity index (χ2v) is 4.85. The van der Waals surface area contributed by atoms with E-state index in [4.69, 9.17) is 9.84 Å². The summed E-state index contributed by atoms with van der Waals surface area (Å²) in [7, 11) is 0. The molecular weight excluding hydrogens is 265 g/mol. The summed E-state index contributed by atoms with van der Waals surface area (Å²) < 4.78 is 18.9. The van der Waals surface area contributed by atoms with Crippen molar-refractivity contribution in [2.75, 3.05) is 6.54 Å². The van der Waals surface area contributed by atoms with Crippen LogP contribution in [0.1, 0.15) is 37.0 Å². The maximum atomic E-state index is 13.1. The summed E-state index contributed by atoms with van der Waals surface area (Å²) >= 11 is 0. The normalized spacial score (nSPS) is 20.1. The fraction of sp³-hybridized carbons (Fsp3) is 0.500. The van der Waals surface area contributed by atoms with Gasteiger partial charge in [0.2, 0.25) is 0 Å². The Balaban J connectivity index is 2.12. The Morgan fingerprint density at radius 3 is 3.00 bits per heavy atom. The Morgan fingerprint density at radius 1 is 1.60 bits per heavy atom. The van der Waals surface area contributed by atoms with Crippen molar-refractivity contribution in [2.45, 2.75) is 38.7 Å². The Bertz CT molecular complexity index is 494. The third-order valence-corrected chi connectivity index (χ3v) is 3.52. The highest BCUT2D eigenvalue weighted by atomic mass is 19.1. The Kier molecular flexibility index (Phi) is 4.57. The van der Waals surface area contributed by atoms with Gasteiger partial charge in [0, 0.05) is 6.54 Å². The topological polar surface area (TPSA) is 70.0 Å². The third kappa shape index (κ3) is 3.08. The van der Waals surface area contributed by atoms with Crippen molar-refractivity contribution in [3.63, 3.8) is 0 Å². The molecule has 5 nitrogen and oxygen atoms in total. The van der Waals surface area contributed by atoms with Gasteiger partial charge < -0.3 is 14.9 Å². The van der Waals surface area contributed by atoms with Gasteiger partial charge in [-0.15, -0.1) is 0 Å². The molecule has 0 bridgehead atoms. The Morgan fingerprint density at radius 2 is 2.35 bits per heavy atom. The van der Waals surface area contributed by atoms with Crippen LogP contribution in [0.15, 0.2) is 18.2 Å². The molecule has 2 unspecified atom stereocenters. The van der Waals surface area contributed by atoms with Crippen LogP contribution in [0.5, 0.6) is 0 Å². The highest BCUT2D eigenvalue weighted by Gasteiger charge is 2.31. The number of aliphatic hydroxyl groups is 1. The first-order valence-electron chi connectivity index (χ1n) is 6.57. The van der Waals surface area contributed by atoms with Crippen LogP contribution in [0, 0.1) is 5.82 Å². The van der Waals surface area contributed by atoms with Gasteiger partial charge in [-0.3, -0.25) is 4.90 Å². The summed E-state index contributed by atoms with van der Waals surface area (Å²) in [6.07, 6.45) is -0.491. The van der Waals surface area contributed by atoms with Crippen LogP contribution in [0.4, 0.5) is 9.18 Å². The minimum Gasteiger partial charge on any atom is -0.465 e. The first kappa shape index (κ1) is 14.7. The zero-order chi connectivity index (χ0) is 14.7. The molecule has 6 heteroatoms. The van der Waals surface area contributed by atoms with E-state index in [1.165, 1.54) is 17.0 Å². The van der Waals surface area contributed by atoms with Gasteiger partial charge in [-0.25, -0.2) is 9.18 Å². The molecule has 2 atom stereocenters. The lowest BCUT2D eigenvalue weighted by molar-refractivity contribution is -0.0658. The molecule has 2 rings (SSSR count). The van der Waals surface area contributed by atoms with Crippen molar-refractivity contribution in [3.8, 4) is 0 Å². The van der Waals surface area contributed by atoms with E-state index < -0.39 is 24.2 Å². The van der Waals surface area contributed by atoms with E-state index in [9.17, 15) is 14.3 Å². The van der Waals surface area contributed by atoms with E-state index >= 15 is 0 Å². The summed E-state index contributed by atoms with van der Waals surface area (Å²) in [4.78, 5) is 12.3. The van der Waals surface area contributed by atoms with Crippen LogP contribution >= 0.6 is 0 Å². The summed E-state index contributed by atoms with van der Waals surface area (Å²) in [5, 5.41) is 18.3. The second kappa shape index (κ2) is 6.19. The molecule has 110 valence electrons. The first-order valence-corrected chi connectivity index (χ1v) is 6.57. The molecule has 1 heterocycles. The van der Waals surface area contributed by atoms with Gasteiger partial charge in [0.1, 0.15) is 12.0 Å². The molecule has 1 aliphatic heterocycles. The molecule has 1 saturated heterocycles. The van der Waals surface area contributed by atoms with E-state index in [1.807, 2.05) is 0 Å². The largest absolute Gasteiger partial charge is 0.465 e. The van der Waals surface area contributed by atoms with Crippen LogP contribution < -0.4 is 0 Å². The fourth-order valence-corrected chi connectivity index (χ4v) is 2.51. The number of hydrogen-bond acceptors (Lipinski definition) is 3. The molecule has 0 aromatic heterocycles. The minimum absolute atomic E-state index is 0.284. The number of aliphatic hydroxyl groups excluding tert-OH is 1. The predicted molar refractivity (Wildman–Crippen MR) is 69.6 cm³/mol. The number of rotatable bonds is 4. The number of benzene rings is 1. The van der Waals surface area contributed by atoms with E-state index in [1.54, 1.807) is 13.0 Å². The lowest BCUT2D eigenvalue weighted by Gasteiger charge is -2.26. The van der Waals surface area contributed by atoms with E-state index in [0.717, 1.165) is 6.42 Å². The highest BCUT2D eigenvalue weighted by molar-refractivity contribution is 5.65. The Labute approximate surface area is 116 Å². The molecule has 1 amide bonds. The number of carbonyl (C=O) groups is 1. The zero-order valence-corrected chi connectivity index (χ0v) is 11.3. The number of amides is 1. The molecule has 2 N–H and O–H groups in total. The van der Waals surface area contributed by atoms with Gasteiger partial charge in [0.15, 0.2) is 0 Å². The van der Waals surface area contributed by atoms with Crippen LogP contribution in [-0.2, 0) is 11.3 Å². The third-order valence-electron chi connectivity index (χ3n) is 3.52. The molecule has 0 radical (unpaired) electrons. The van der Waals surface area contributed by atoms with E-state index in [-0.39, 0.29) is 6.61 Å². The van der Waals surface area contributed by atoms with Gasteiger partial charge in [-0.2, -0.15) is 0 Å². The van der Waals surface area contributed by atoms with Crippen LogP contribution in [-0.4, -0.2) is 34.0 Å². The quantitative estimate of drug-likeness (QED) is 0.890. The summed E-state index contributed by atoms with van der Waals surface area (Å²) in [6.45, 7) is 1.95. The smallest absolute Gasteiger partial charge is 0.409 e. The maximum Gasteiger partial charge on any atom is 0.409 e. The zero-order valence-electron chi connectivity index (χ0n) is 11.3. The van der Waals surface area contributed by atoms with E-state index in [0.29, 0.717) is 24.1 Å². The molecule has 20 heavy (non-hydrogen) atoms. The SMILES string of the molecule is CC(OC1CCCN1C(=O)O)c1ccc(F)cc1CO. The summed E-state index contributed by atoms with van der Waals surface area (Å²) in [5.74, 6) is -0.418. The number of halogens is 1. The maximum absolute atomic E-state index is 13.1. The van der Waals surface area contributed by atoms with Gasteiger partial charge in [-0.1, -0.05) is 6.07 Å². The second-order valence-electron chi connectivity index (χ2n) is 4.85. The van der Waals surface area contributed by atoms with Crippen LogP contribution in [0.25, 0.3) is 0 Å². The van der Waals surface area contributed by atoms with E-state index in [2.05, 4.69) is 0 Å². The summed E-state index contributed by atoms with van der Waals surface area (Å²) in [6, 6.07) is 4.13. The number of hydrogen-bond donors (Lipinski definition) is 2. The molecule has 1 aliphatic rings. The number of likely N-dealkylation sites (tertiary alicyclic amines) is 1. The molecule has 1 fully saturated rings. The standard InChI is InChI=1S/C14H18FNO4/c1-9(12-5-4-11(15)7-10(12)8-17)20-13-3-2-6-16(13)14(18)19/h4-5,7,9,13,17H,2-3,6,8H2,1H3,(H,18,19). The van der Waals surface area contributed by atoms with Crippen molar-refractivity contribution in [2.24, 2.45) is 0 Å². The molecule has 0 saturated carbocycles. The molecule has 1 aromatic rings. The monoisotopic (exact) mass is 283 g/mol. The molecule has 1 aromatic carbocycles. The average molecular weight is 283 g/mol. The van der Waals surface area contributed by atoms with Crippen molar-refractivity contribution < 1.29 is 24.1 Å². The highest BCUT2D eigenvalue weighted by Crippen LogP contribution is 2.28. The Hall–Kier alpha value is -1.66. The lowest BCUT2D eigenvalue weighted by Crippen LogP contribution is -2.36. The number of nitrogens with zero attached hydrogens (tertiary/aromatic N) is 1. The number of ether oxygens (including phenoxy) is 1. The van der Waals surface area contributed by atoms with Crippen molar-refractivity contribution >= 4 is 6.09 Å². The van der Waals surface area contributed by atoms with Gasteiger partial charge in [-0.05, 0) is 43.0 Å². The average Bonchev–Trinajstić information content (AvgIpc) is 2.86. The van der Waals surface area contributed by atoms with Crippen LogP contribution in [0.3, 0.4) is 0 Å². The van der Waals surface area contributed by atoms with Crippen molar-refractivity contribution in [1.29, 1.82) is 0 Å². The van der Waals surface area contributed by atoms with Gasteiger partial charge in [0.05, 0.1) is 12.7 Å². The lowest BCUT2D eigenvalue weighted by atomic mass is 10.0. The predicted octanol–water partition coefficient (Wildman–Crippen LogP) is 2.50. The molecular formula is C14H18FNO4. The molecule has 0 aliphatic carbocycles. The van der Waals surface area contributed by atoms with Crippen molar-refractivity contribution in [1.82, 2.24) is 4.90 Å². The minimum atomic E-state index is -0.999. The molecule has 0 spiro atoms. The summed E-state index contributed by atoms with van der Waals surface area (Å²) in [5.41, 5.74) is 1.13.